The van der Waals surface area contributed by atoms with E-state index in [4.69, 9.17) is 16.3 Å². The van der Waals surface area contributed by atoms with Crippen molar-refractivity contribution in [3.63, 3.8) is 0 Å². The van der Waals surface area contributed by atoms with Crippen molar-refractivity contribution in [3.8, 4) is 0 Å². The Kier molecular flexibility index (Phi) is 4.53. The maximum Gasteiger partial charge on any atom is 0.314 e. The molecule has 1 aliphatic heterocycles. The van der Waals surface area contributed by atoms with E-state index >= 15 is 0 Å². The Morgan fingerprint density at radius 1 is 1.60 bits per heavy atom. The van der Waals surface area contributed by atoms with Gasteiger partial charge in [-0.25, -0.2) is 4.98 Å². The van der Waals surface area contributed by atoms with Crippen LogP contribution in [0.25, 0.3) is 0 Å². The smallest absolute Gasteiger partial charge is 0.314 e. The Labute approximate surface area is 125 Å². The first-order valence-electron chi connectivity index (χ1n) is 7.03. The van der Waals surface area contributed by atoms with Gasteiger partial charge in [0, 0.05) is 25.0 Å². The molecule has 0 spiro atoms. The predicted octanol–water partition coefficient (Wildman–Crippen LogP) is 3.15. The van der Waals surface area contributed by atoms with Gasteiger partial charge in [0.05, 0.1) is 12.0 Å². The van der Waals surface area contributed by atoms with E-state index < -0.39 is 5.41 Å². The molecule has 1 aliphatic rings. The molecule has 4 nitrogen and oxygen atoms in total. The van der Waals surface area contributed by atoms with Crippen LogP contribution in [0.15, 0.2) is 18.3 Å². The zero-order valence-electron chi connectivity index (χ0n) is 12.2. The molecule has 0 bridgehead atoms. The van der Waals surface area contributed by atoms with Crippen LogP contribution in [-0.2, 0) is 9.53 Å². The zero-order valence-corrected chi connectivity index (χ0v) is 13.0. The van der Waals surface area contributed by atoms with Crippen LogP contribution in [0.4, 0.5) is 5.69 Å². The third kappa shape index (κ3) is 2.75. The lowest BCUT2D eigenvalue weighted by molar-refractivity contribution is -0.156. The molecule has 0 aromatic carbocycles. The average molecular weight is 297 g/mol. The highest BCUT2D eigenvalue weighted by molar-refractivity contribution is 6.29. The number of hydrogen-bond donors (Lipinski definition) is 0. The molecule has 20 heavy (non-hydrogen) atoms. The fourth-order valence-electron chi connectivity index (χ4n) is 2.79. The number of carbonyl (C=O) groups is 1. The number of ether oxygens (including phenoxy) is 1. The summed E-state index contributed by atoms with van der Waals surface area (Å²) in [6, 6.07) is 3.76. The Bertz CT molecular complexity index is 493. The fraction of sp³-hybridized carbons (Fsp3) is 0.600. The lowest BCUT2D eigenvalue weighted by Gasteiger charge is -2.31. The largest absolute Gasteiger partial charge is 0.466 e. The molecule has 0 amide bonds. The van der Waals surface area contributed by atoms with E-state index in [1.54, 1.807) is 6.20 Å². The van der Waals surface area contributed by atoms with Crippen LogP contribution >= 0.6 is 11.6 Å². The van der Waals surface area contributed by atoms with Gasteiger partial charge in [-0.05, 0) is 31.4 Å². The van der Waals surface area contributed by atoms with Crippen molar-refractivity contribution in [2.75, 3.05) is 24.6 Å². The normalized spacial score (nSPS) is 22.4. The highest BCUT2D eigenvalue weighted by Gasteiger charge is 2.48. The van der Waals surface area contributed by atoms with Gasteiger partial charge < -0.3 is 9.64 Å². The molecule has 2 rings (SSSR count). The molecule has 0 aliphatic carbocycles. The van der Waals surface area contributed by atoms with E-state index in [2.05, 4.69) is 23.7 Å². The molecule has 5 heteroatoms. The number of rotatable bonds is 4. The minimum atomic E-state index is -0.425. The molecule has 1 saturated heterocycles. The van der Waals surface area contributed by atoms with Crippen molar-refractivity contribution < 1.29 is 9.53 Å². The highest BCUT2D eigenvalue weighted by Crippen LogP contribution is 2.41. The minimum absolute atomic E-state index is 0.0855. The monoisotopic (exact) mass is 296 g/mol. The van der Waals surface area contributed by atoms with Crippen LogP contribution < -0.4 is 4.90 Å². The summed E-state index contributed by atoms with van der Waals surface area (Å²) in [5, 5.41) is 0.473. The molecule has 1 aromatic heterocycles. The summed E-state index contributed by atoms with van der Waals surface area (Å²) < 4.78 is 5.29. The molecule has 0 N–H and O–H groups in total. The van der Waals surface area contributed by atoms with E-state index in [0.717, 1.165) is 18.7 Å². The molecule has 110 valence electrons. The summed E-state index contributed by atoms with van der Waals surface area (Å²) in [5.74, 6) is 0.154. The van der Waals surface area contributed by atoms with Gasteiger partial charge in [-0.1, -0.05) is 25.4 Å². The molecule has 2 heterocycles. The second-order valence-corrected chi connectivity index (χ2v) is 5.93. The van der Waals surface area contributed by atoms with Crippen LogP contribution in [0, 0.1) is 11.3 Å². The maximum atomic E-state index is 12.4. The SMILES string of the molecule is CCOC(=O)C1(C(C)C)CCN(c2ccnc(Cl)c2)C1. The predicted molar refractivity (Wildman–Crippen MR) is 80.0 cm³/mol. The van der Waals surface area contributed by atoms with Gasteiger partial charge in [-0.3, -0.25) is 4.79 Å². The van der Waals surface area contributed by atoms with Crippen LogP contribution in [0.2, 0.25) is 5.15 Å². The molecular weight excluding hydrogens is 276 g/mol. The van der Waals surface area contributed by atoms with Crippen molar-refractivity contribution in [3.05, 3.63) is 23.5 Å². The van der Waals surface area contributed by atoms with E-state index in [-0.39, 0.29) is 11.9 Å². The summed E-state index contributed by atoms with van der Waals surface area (Å²) in [6.45, 7) is 7.94. The number of esters is 1. The second kappa shape index (κ2) is 6.00. The first kappa shape index (κ1) is 15.1. The van der Waals surface area contributed by atoms with Gasteiger partial charge in [0.25, 0.3) is 0 Å². The molecule has 1 aromatic rings. The Balaban J connectivity index is 2.21. The summed E-state index contributed by atoms with van der Waals surface area (Å²) in [5.41, 5.74) is 0.586. The Hall–Kier alpha value is -1.29. The Morgan fingerprint density at radius 3 is 2.95 bits per heavy atom. The summed E-state index contributed by atoms with van der Waals surface area (Å²) in [4.78, 5) is 18.5. The highest BCUT2D eigenvalue weighted by atomic mass is 35.5. The van der Waals surface area contributed by atoms with Crippen molar-refractivity contribution in [2.45, 2.75) is 27.2 Å². The first-order valence-corrected chi connectivity index (χ1v) is 7.41. The van der Waals surface area contributed by atoms with Crippen LogP contribution in [-0.4, -0.2) is 30.6 Å². The lowest BCUT2D eigenvalue weighted by Crippen LogP contribution is -2.40. The third-order valence-corrected chi connectivity index (χ3v) is 4.37. The number of halogens is 1. The Morgan fingerprint density at radius 2 is 2.35 bits per heavy atom. The number of pyridine rings is 1. The summed E-state index contributed by atoms with van der Waals surface area (Å²) >= 11 is 5.94. The van der Waals surface area contributed by atoms with Crippen molar-refractivity contribution in [1.82, 2.24) is 4.98 Å². The molecule has 1 fully saturated rings. The lowest BCUT2D eigenvalue weighted by atomic mass is 9.76. The van der Waals surface area contributed by atoms with Gasteiger partial charge in [0.15, 0.2) is 0 Å². The number of hydrogen-bond acceptors (Lipinski definition) is 4. The first-order chi connectivity index (χ1) is 9.49. The number of nitrogens with zero attached hydrogens (tertiary/aromatic N) is 2. The summed E-state index contributed by atoms with van der Waals surface area (Å²) in [6.07, 6.45) is 2.50. The van der Waals surface area contributed by atoms with Gasteiger partial charge in [0.1, 0.15) is 5.15 Å². The van der Waals surface area contributed by atoms with Crippen molar-refractivity contribution >= 4 is 23.3 Å². The topological polar surface area (TPSA) is 42.4 Å². The zero-order chi connectivity index (χ0) is 14.8. The summed E-state index contributed by atoms with van der Waals surface area (Å²) in [7, 11) is 0. The van der Waals surface area contributed by atoms with Crippen LogP contribution in [0.3, 0.4) is 0 Å². The average Bonchev–Trinajstić information content (AvgIpc) is 2.85. The maximum absolute atomic E-state index is 12.4. The van der Waals surface area contributed by atoms with Gasteiger partial charge in [0.2, 0.25) is 0 Å². The van der Waals surface area contributed by atoms with Gasteiger partial charge in [-0.2, -0.15) is 0 Å². The van der Waals surface area contributed by atoms with Gasteiger partial charge >= 0.3 is 5.97 Å². The molecule has 1 unspecified atom stereocenters. The second-order valence-electron chi connectivity index (χ2n) is 5.54. The van der Waals surface area contributed by atoms with Gasteiger partial charge in [-0.15, -0.1) is 0 Å². The number of anilines is 1. The molecule has 0 saturated carbocycles. The standard InChI is InChI=1S/C15H21ClN2O2/c1-4-20-14(19)15(11(2)3)6-8-18(10-15)12-5-7-17-13(16)9-12/h5,7,9,11H,4,6,8,10H2,1-3H3. The van der Waals surface area contributed by atoms with Crippen LogP contribution in [0.5, 0.6) is 0 Å². The molecule has 1 atom stereocenters. The number of aromatic nitrogens is 1. The minimum Gasteiger partial charge on any atom is -0.466 e. The van der Waals surface area contributed by atoms with E-state index in [1.165, 1.54) is 0 Å². The van der Waals surface area contributed by atoms with E-state index in [1.807, 2.05) is 19.1 Å². The van der Waals surface area contributed by atoms with Crippen LogP contribution in [0.1, 0.15) is 27.2 Å². The van der Waals surface area contributed by atoms with E-state index in [0.29, 0.717) is 18.3 Å². The third-order valence-electron chi connectivity index (χ3n) is 4.16. The van der Waals surface area contributed by atoms with Crippen molar-refractivity contribution in [1.29, 1.82) is 0 Å². The number of carbonyl (C=O) groups excluding carboxylic acids is 1. The fourth-order valence-corrected chi connectivity index (χ4v) is 2.96. The molecular formula is C15H21ClN2O2. The van der Waals surface area contributed by atoms with Crippen molar-refractivity contribution in [2.24, 2.45) is 11.3 Å². The molecule has 0 radical (unpaired) electrons. The quantitative estimate of drug-likeness (QED) is 0.632. The van der Waals surface area contributed by atoms with E-state index in [9.17, 15) is 4.79 Å².